The van der Waals surface area contributed by atoms with E-state index < -0.39 is 0 Å². The van der Waals surface area contributed by atoms with Crippen LogP contribution in [-0.4, -0.2) is 90.2 Å². The number of fused-ring (bicyclic) bond motifs is 1. The Morgan fingerprint density at radius 1 is 1.17 bits per heavy atom. The molecule has 0 unspecified atom stereocenters. The summed E-state index contributed by atoms with van der Waals surface area (Å²) in [5, 5.41) is 10.6. The van der Waals surface area contributed by atoms with Crippen LogP contribution in [0.2, 0.25) is 0 Å². The number of hydrogen-bond acceptors (Lipinski definition) is 5. The van der Waals surface area contributed by atoms with Gasteiger partial charge in [0.1, 0.15) is 5.82 Å². The number of nitrogens with zero attached hydrogens (tertiary/aromatic N) is 4. The van der Waals surface area contributed by atoms with Gasteiger partial charge in [-0.3, -0.25) is 9.78 Å². The van der Waals surface area contributed by atoms with Crippen LogP contribution in [0.5, 0.6) is 0 Å². The molecule has 1 aromatic heterocycles. The molecular formula is C22H29FN4O2. The van der Waals surface area contributed by atoms with Crippen LogP contribution in [-0.2, 0) is 0 Å². The van der Waals surface area contributed by atoms with Crippen molar-refractivity contribution in [3.63, 3.8) is 0 Å². The molecule has 2 saturated heterocycles. The monoisotopic (exact) mass is 400 g/mol. The molecule has 2 aliphatic rings. The number of amides is 1. The fourth-order valence-electron chi connectivity index (χ4n) is 4.56. The van der Waals surface area contributed by atoms with Gasteiger partial charge >= 0.3 is 0 Å². The molecule has 2 atom stereocenters. The quantitative estimate of drug-likeness (QED) is 0.845. The first-order chi connectivity index (χ1) is 13.9. The van der Waals surface area contributed by atoms with Gasteiger partial charge in [0.15, 0.2) is 0 Å². The van der Waals surface area contributed by atoms with Gasteiger partial charge in [-0.1, -0.05) is 0 Å². The average molecular weight is 400 g/mol. The smallest absolute Gasteiger partial charge is 0.254 e. The molecule has 6 nitrogen and oxygen atoms in total. The van der Waals surface area contributed by atoms with Gasteiger partial charge in [0.2, 0.25) is 0 Å². The van der Waals surface area contributed by atoms with Crippen LogP contribution in [0.15, 0.2) is 24.3 Å². The van der Waals surface area contributed by atoms with Gasteiger partial charge in [-0.05, 0) is 38.1 Å². The molecule has 2 aromatic rings. The normalized spacial score (nSPS) is 23.8. The van der Waals surface area contributed by atoms with Crippen LogP contribution in [0.3, 0.4) is 0 Å². The maximum Gasteiger partial charge on any atom is 0.254 e. The van der Waals surface area contributed by atoms with Gasteiger partial charge < -0.3 is 19.8 Å². The van der Waals surface area contributed by atoms with Gasteiger partial charge in [0, 0.05) is 75.5 Å². The lowest BCUT2D eigenvalue weighted by molar-refractivity contribution is 0.0779. The van der Waals surface area contributed by atoms with Crippen LogP contribution >= 0.6 is 0 Å². The topological polar surface area (TPSA) is 59.9 Å². The number of likely N-dealkylation sites (tertiary alicyclic amines) is 1. The minimum absolute atomic E-state index is 0.0635. The second-order valence-electron chi connectivity index (χ2n) is 8.49. The molecule has 2 fully saturated rings. The van der Waals surface area contributed by atoms with Crippen LogP contribution < -0.4 is 0 Å². The van der Waals surface area contributed by atoms with E-state index in [1.165, 1.54) is 12.1 Å². The summed E-state index contributed by atoms with van der Waals surface area (Å²) in [6.07, 6.45) is 0. The highest BCUT2D eigenvalue weighted by Crippen LogP contribution is 2.28. The number of benzene rings is 1. The van der Waals surface area contributed by atoms with Crippen molar-refractivity contribution < 1.29 is 14.3 Å². The molecule has 0 radical (unpaired) electrons. The molecule has 2 aliphatic heterocycles. The Kier molecular flexibility index (Phi) is 5.81. The lowest BCUT2D eigenvalue weighted by Crippen LogP contribution is -2.47. The highest BCUT2D eigenvalue weighted by Gasteiger charge is 2.36. The zero-order chi connectivity index (χ0) is 20.5. The number of carbonyl (C=O) groups excluding carboxylic acids is 1. The predicted molar refractivity (Wildman–Crippen MR) is 110 cm³/mol. The second kappa shape index (κ2) is 8.34. The Hall–Kier alpha value is -2.09. The zero-order valence-electron chi connectivity index (χ0n) is 17.1. The van der Waals surface area contributed by atoms with E-state index >= 15 is 0 Å². The number of carbonyl (C=O) groups is 1. The number of aryl methyl sites for hydroxylation is 1. The molecule has 29 heavy (non-hydrogen) atoms. The Labute approximate surface area is 170 Å². The van der Waals surface area contributed by atoms with Crippen LogP contribution in [0, 0.1) is 24.6 Å². The number of aliphatic hydroxyl groups is 1. The minimum atomic E-state index is -0.359. The van der Waals surface area contributed by atoms with Crippen molar-refractivity contribution in [1.29, 1.82) is 0 Å². The van der Waals surface area contributed by atoms with Gasteiger partial charge in [-0.2, -0.15) is 0 Å². The van der Waals surface area contributed by atoms with E-state index in [4.69, 9.17) is 0 Å². The lowest BCUT2D eigenvalue weighted by atomic mass is 9.96. The molecular weight excluding hydrogens is 371 g/mol. The number of aliphatic hydroxyl groups excluding tert-OH is 1. The highest BCUT2D eigenvalue weighted by molar-refractivity contribution is 6.06. The molecule has 0 bridgehead atoms. The summed E-state index contributed by atoms with van der Waals surface area (Å²) >= 11 is 0. The molecule has 156 valence electrons. The van der Waals surface area contributed by atoms with E-state index in [2.05, 4.69) is 21.8 Å². The van der Waals surface area contributed by atoms with Crippen molar-refractivity contribution in [3.8, 4) is 0 Å². The Morgan fingerprint density at radius 3 is 2.62 bits per heavy atom. The molecule has 0 aliphatic carbocycles. The Morgan fingerprint density at radius 2 is 1.90 bits per heavy atom. The number of rotatable bonds is 4. The Bertz CT molecular complexity index is 893. The van der Waals surface area contributed by atoms with E-state index in [9.17, 15) is 14.3 Å². The highest BCUT2D eigenvalue weighted by atomic mass is 19.1. The van der Waals surface area contributed by atoms with Crippen molar-refractivity contribution in [3.05, 3.63) is 41.3 Å². The number of pyridine rings is 1. The lowest BCUT2D eigenvalue weighted by Gasteiger charge is -2.34. The van der Waals surface area contributed by atoms with E-state index in [0.29, 0.717) is 35.2 Å². The van der Waals surface area contributed by atoms with E-state index in [1.807, 2.05) is 11.8 Å². The first-order valence-electron chi connectivity index (χ1n) is 10.3. The van der Waals surface area contributed by atoms with Gasteiger partial charge in [0.25, 0.3) is 5.91 Å². The summed E-state index contributed by atoms with van der Waals surface area (Å²) in [7, 11) is 2.14. The maximum atomic E-state index is 13.6. The molecule has 3 heterocycles. The first-order valence-corrected chi connectivity index (χ1v) is 10.3. The third kappa shape index (κ3) is 4.27. The number of hydrogen-bond donors (Lipinski definition) is 1. The summed E-state index contributed by atoms with van der Waals surface area (Å²) in [6, 6.07) is 6.15. The fraction of sp³-hybridized carbons (Fsp3) is 0.545. The van der Waals surface area contributed by atoms with E-state index in [-0.39, 0.29) is 30.2 Å². The third-order valence-electron chi connectivity index (χ3n) is 6.32. The van der Waals surface area contributed by atoms with Crippen LogP contribution in [0.4, 0.5) is 4.39 Å². The molecule has 0 spiro atoms. The van der Waals surface area contributed by atoms with E-state index in [0.717, 1.165) is 32.7 Å². The molecule has 4 rings (SSSR count). The largest absolute Gasteiger partial charge is 0.396 e. The number of piperazine rings is 1. The van der Waals surface area contributed by atoms with Gasteiger partial charge in [-0.15, -0.1) is 0 Å². The molecule has 1 amide bonds. The maximum absolute atomic E-state index is 13.6. The van der Waals surface area contributed by atoms with Crippen molar-refractivity contribution in [2.45, 2.75) is 6.92 Å². The summed E-state index contributed by atoms with van der Waals surface area (Å²) < 4.78 is 13.6. The van der Waals surface area contributed by atoms with Crippen molar-refractivity contribution in [1.82, 2.24) is 19.7 Å². The first kappa shape index (κ1) is 20.2. The van der Waals surface area contributed by atoms with Crippen LogP contribution in [0.25, 0.3) is 10.9 Å². The Balaban J connectivity index is 1.53. The summed E-state index contributed by atoms with van der Waals surface area (Å²) in [5.41, 5.74) is 1.75. The molecule has 1 aromatic carbocycles. The average Bonchev–Trinajstić information content (AvgIpc) is 3.11. The molecule has 7 heteroatoms. The third-order valence-corrected chi connectivity index (χ3v) is 6.32. The van der Waals surface area contributed by atoms with Crippen LogP contribution in [0.1, 0.15) is 16.1 Å². The molecule has 0 saturated carbocycles. The van der Waals surface area contributed by atoms with Gasteiger partial charge in [-0.25, -0.2) is 4.39 Å². The minimum Gasteiger partial charge on any atom is -0.396 e. The fourth-order valence-corrected chi connectivity index (χ4v) is 4.56. The predicted octanol–water partition coefficient (Wildman–Crippen LogP) is 1.61. The molecule has 1 N–H and O–H groups in total. The van der Waals surface area contributed by atoms with E-state index in [1.54, 1.807) is 12.1 Å². The summed E-state index contributed by atoms with van der Waals surface area (Å²) in [4.78, 5) is 24.3. The summed E-state index contributed by atoms with van der Waals surface area (Å²) in [5.74, 6) is -0.0709. The standard InChI is InChI=1S/C22H29FN4O2/c1-15-9-20(19-4-3-18(23)10-21(19)24-15)22(29)27-12-16(17(13-27)14-28)11-26-7-5-25(2)6-8-26/h3-4,9-10,16-17,28H,5-8,11-14H2,1-2H3/t16-,17-/m1/s1. The van der Waals surface area contributed by atoms with Crippen molar-refractivity contribution in [2.75, 3.05) is 59.5 Å². The van der Waals surface area contributed by atoms with Crippen molar-refractivity contribution >= 4 is 16.8 Å². The number of likely N-dealkylation sites (N-methyl/N-ethyl adjacent to an activating group) is 1. The van der Waals surface area contributed by atoms with Gasteiger partial charge in [0.05, 0.1) is 11.1 Å². The number of halogens is 1. The SMILES string of the molecule is Cc1cc(C(=O)N2C[C@@H](CN3CCN(C)CC3)[C@@H](CO)C2)c2ccc(F)cc2n1. The van der Waals surface area contributed by atoms with Crippen molar-refractivity contribution in [2.24, 2.45) is 11.8 Å². The summed E-state index contributed by atoms with van der Waals surface area (Å²) in [6.45, 7) is 8.16. The number of aromatic nitrogens is 1. The second-order valence-corrected chi connectivity index (χ2v) is 8.49. The zero-order valence-corrected chi connectivity index (χ0v) is 17.1.